The zero-order chi connectivity index (χ0) is 3.58. The van der Waals surface area contributed by atoms with Crippen molar-refractivity contribution in [2.75, 3.05) is 0 Å². The summed E-state index contributed by atoms with van der Waals surface area (Å²) in [6.07, 6.45) is 0. The van der Waals surface area contributed by atoms with Gasteiger partial charge in [-0.05, 0) is 5.92 Å². The SMILES string of the molecule is CC(C)C.[LiH]. The van der Waals surface area contributed by atoms with Gasteiger partial charge in [-0.2, -0.15) is 0 Å². The minimum atomic E-state index is 0. The van der Waals surface area contributed by atoms with Gasteiger partial charge < -0.3 is 0 Å². The van der Waals surface area contributed by atoms with Gasteiger partial charge >= 0.3 is 18.9 Å². The van der Waals surface area contributed by atoms with Crippen molar-refractivity contribution < 1.29 is 0 Å². The van der Waals surface area contributed by atoms with Crippen molar-refractivity contribution in [2.45, 2.75) is 20.8 Å². The number of hydrogen-bond donors (Lipinski definition) is 0. The summed E-state index contributed by atoms with van der Waals surface area (Å²) in [6, 6.07) is 0. The van der Waals surface area contributed by atoms with E-state index in [0.717, 1.165) is 5.92 Å². The molecule has 0 aromatic heterocycles. The van der Waals surface area contributed by atoms with Crippen molar-refractivity contribution in [3.8, 4) is 0 Å². The average Bonchev–Trinajstić information content (AvgIpc) is 0.811. The Bertz CT molecular complexity index is 8.36. The molecule has 0 unspecified atom stereocenters. The molecule has 0 bridgehead atoms. The van der Waals surface area contributed by atoms with E-state index in [9.17, 15) is 0 Å². The van der Waals surface area contributed by atoms with Crippen LogP contribution in [0.1, 0.15) is 20.8 Å². The molecular weight excluding hydrogens is 55.0 g/mol. The van der Waals surface area contributed by atoms with E-state index in [1.807, 2.05) is 0 Å². The van der Waals surface area contributed by atoms with Crippen molar-refractivity contribution in [2.24, 2.45) is 5.92 Å². The summed E-state index contributed by atoms with van der Waals surface area (Å²) in [5.74, 6) is 0.833. The van der Waals surface area contributed by atoms with Gasteiger partial charge in [-0.1, -0.05) is 20.8 Å². The van der Waals surface area contributed by atoms with Gasteiger partial charge in [0, 0.05) is 0 Å². The molecule has 0 aromatic rings. The Morgan fingerprint density at radius 2 is 1.00 bits per heavy atom. The number of hydrogen-bond acceptors (Lipinski definition) is 0. The van der Waals surface area contributed by atoms with E-state index in [1.165, 1.54) is 0 Å². The van der Waals surface area contributed by atoms with E-state index in [1.54, 1.807) is 0 Å². The fraction of sp³-hybridized carbons (Fsp3) is 1.00. The molecule has 0 saturated heterocycles. The van der Waals surface area contributed by atoms with E-state index in [0.29, 0.717) is 0 Å². The Kier molecular flexibility index (Phi) is 8.41. The molecule has 0 atom stereocenters. The van der Waals surface area contributed by atoms with Crippen molar-refractivity contribution >= 4 is 18.9 Å². The molecule has 0 nitrogen and oxygen atoms in total. The molecule has 0 aliphatic heterocycles. The van der Waals surface area contributed by atoms with E-state index in [4.69, 9.17) is 0 Å². The summed E-state index contributed by atoms with van der Waals surface area (Å²) in [5, 5.41) is 0. The molecule has 0 spiro atoms. The molecule has 0 fully saturated rings. The van der Waals surface area contributed by atoms with Crippen LogP contribution >= 0.6 is 0 Å². The summed E-state index contributed by atoms with van der Waals surface area (Å²) >= 11 is 0. The quantitative estimate of drug-likeness (QED) is 0.370. The topological polar surface area (TPSA) is 0 Å². The predicted octanol–water partition coefficient (Wildman–Crippen LogP) is 1.01. The molecule has 0 aliphatic carbocycles. The van der Waals surface area contributed by atoms with Crippen molar-refractivity contribution in [3.05, 3.63) is 0 Å². The Morgan fingerprint density at radius 1 is 1.00 bits per heavy atom. The van der Waals surface area contributed by atoms with Gasteiger partial charge in [0.15, 0.2) is 0 Å². The van der Waals surface area contributed by atoms with Crippen LogP contribution in [0.3, 0.4) is 0 Å². The molecular formula is C4H11Li. The van der Waals surface area contributed by atoms with Crippen LogP contribution in [0.4, 0.5) is 0 Å². The van der Waals surface area contributed by atoms with Crippen LogP contribution in [0.15, 0.2) is 0 Å². The van der Waals surface area contributed by atoms with E-state index >= 15 is 0 Å². The Morgan fingerprint density at radius 3 is 1.00 bits per heavy atom. The Hall–Kier alpha value is 0.597. The first kappa shape index (κ1) is 9.14. The maximum atomic E-state index is 2.17. The normalized spacial score (nSPS) is 7.20. The molecule has 0 aromatic carbocycles. The van der Waals surface area contributed by atoms with Gasteiger partial charge in [0.1, 0.15) is 0 Å². The molecule has 5 heavy (non-hydrogen) atoms. The second-order valence-electron chi connectivity index (χ2n) is 1.73. The van der Waals surface area contributed by atoms with Crippen LogP contribution in [0.2, 0.25) is 0 Å². The van der Waals surface area contributed by atoms with Gasteiger partial charge in [0.25, 0.3) is 0 Å². The molecule has 1 heteroatoms. The van der Waals surface area contributed by atoms with Crippen LogP contribution in [-0.4, -0.2) is 18.9 Å². The molecule has 0 N–H and O–H groups in total. The average molecular weight is 66.1 g/mol. The fourth-order valence-electron chi connectivity index (χ4n) is 0. The van der Waals surface area contributed by atoms with Gasteiger partial charge in [-0.25, -0.2) is 0 Å². The third-order valence-electron chi connectivity index (χ3n) is 0. The first-order valence-corrected chi connectivity index (χ1v) is 1.73. The first-order valence-electron chi connectivity index (χ1n) is 1.73. The third kappa shape index (κ3) is 86.9. The van der Waals surface area contributed by atoms with Crippen molar-refractivity contribution in [1.82, 2.24) is 0 Å². The summed E-state index contributed by atoms with van der Waals surface area (Å²) in [5.41, 5.74) is 0. The van der Waals surface area contributed by atoms with Gasteiger partial charge in [0.05, 0.1) is 0 Å². The molecule has 0 saturated carbocycles. The van der Waals surface area contributed by atoms with Gasteiger partial charge in [-0.3, -0.25) is 0 Å². The van der Waals surface area contributed by atoms with E-state index in [2.05, 4.69) is 20.8 Å². The van der Waals surface area contributed by atoms with Crippen molar-refractivity contribution in [3.63, 3.8) is 0 Å². The molecule has 0 heterocycles. The van der Waals surface area contributed by atoms with Crippen molar-refractivity contribution in [1.29, 1.82) is 0 Å². The predicted molar refractivity (Wildman–Crippen MR) is 27.7 cm³/mol. The summed E-state index contributed by atoms with van der Waals surface area (Å²) < 4.78 is 0. The summed E-state index contributed by atoms with van der Waals surface area (Å²) in [4.78, 5) is 0. The maximum absolute atomic E-state index is 2.17. The van der Waals surface area contributed by atoms with Crippen LogP contribution in [0.5, 0.6) is 0 Å². The van der Waals surface area contributed by atoms with Crippen LogP contribution in [-0.2, 0) is 0 Å². The van der Waals surface area contributed by atoms with Gasteiger partial charge in [0.2, 0.25) is 0 Å². The molecule has 28 valence electrons. The summed E-state index contributed by atoms with van der Waals surface area (Å²) in [6.45, 7) is 6.50. The molecule has 0 rings (SSSR count). The van der Waals surface area contributed by atoms with Crippen LogP contribution < -0.4 is 0 Å². The Labute approximate surface area is 46.1 Å². The van der Waals surface area contributed by atoms with E-state index < -0.39 is 0 Å². The first-order chi connectivity index (χ1) is 1.73. The Balaban J connectivity index is 0. The fourth-order valence-corrected chi connectivity index (χ4v) is 0. The molecule has 0 amide bonds. The second kappa shape index (κ2) is 4.60. The molecule has 0 aliphatic rings. The second-order valence-corrected chi connectivity index (χ2v) is 1.73. The zero-order valence-electron chi connectivity index (χ0n) is 3.58. The third-order valence-corrected chi connectivity index (χ3v) is 0. The summed E-state index contributed by atoms with van der Waals surface area (Å²) in [7, 11) is 0. The minimum absolute atomic E-state index is 0. The van der Waals surface area contributed by atoms with Crippen LogP contribution in [0, 0.1) is 5.92 Å². The monoisotopic (exact) mass is 66.1 g/mol. The standard InChI is InChI=1S/C4H10.Li.H/c1-4(2)3;;/h4H,1-3H3;;. The zero-order valence-corrected chi connectivity index (χ0v) is 3.58. The van der Waals surface area contributed by atoms with Gasteiger partial charge in [-0.15, -0.1) is 0 Å². The van der Waals surface area contributed by atoms with E-state index in [-0.39, 0.29) is 18.9 Å². The number of rotatable bonds is 0. The molecule has 0 radical (unpaired) electrons. The van der Waals surface area contributed by atoms with Crippen LogP contribution in [0.25, 0.3) is 0 Å².